The number of aryl methyl sites for hydroxylation is 2. The summed E-state index contributed by atoms with van der Waals surface area (Å²) in [6, 6.07) is 10.4. The molecule has 0 radical (unpaired) electrons. The van der Waals surface area contributed by atoms with Gasteiger partial charge in [-0.3, -0.25) is 38.4 Å². The first-order valence-corrected chi connectivity index (χ1v) is 28.9. The van der Waals surface area contributed by atoms with Gasteiger partial charge in [-0.05, 0) is 125 Å². The SMILES string of the molecule is CN[C@@H](C)C(=O)N[C@H](C(=O)N1CC(NC(=O)CCCCCCCCC(=O)N[C@H]2C[C@@H](C(=O)N[C@@H]3CCCc4ccccc43)N(C(=O)[C@@H](NC(=O)[C@H](C)NC)C(C)(C)C)C2)C[C@H]1C(=O)N[C@@H]1CCCc2ccccc21)C(C)(C)C. The first-order chi connectivity index (χ1) is 37.0. The van der Waals surface area contributed by atoms with Crippen LogP contribution in [0.5, 0.6) is 0 Å². The zero-order valence-electron chi connectivity index (χ0n) is 48.3. The van der Waals surface area contributed by atoms with Gasteiger partial charge in [-0.1, -0.05) is 116 Å². The first kappa shape index (κ1) is 61.3. The van der Waals surface area contributed by atoms with Gasteiger partial charge < -0.3 is 52.3 Å². The van der Waals surface area contributed by atoms with Crippen LogP contribution in [0.3, 0.4) is 0 Å². The van der Waals surface area contributed by atoms with E-state index in [1.165, 1.54) is 11.1 Å². The number of carbonyl (C=O) groups excluding carboxylic acids is 8. The number of unbranched alkanes of at least 4 members (excludes halogenated alkanes) is 5. The summed E-state index contributed by atoms with van der Waals surface area (Å²) in [7, 11) is 3.35. The number of nitrogens with one attached hydrogen (secondary N) is 8. The van der Waals surface area contributed by atoms with Crippen LogP contribution >= 0.6 is 0 Å². The van der Waals surface area contributed by atoms with Gasteiger partial charge in [0.15, 0.2) is 0 Å². The number of nitrogens with zero attached hydrogens (tertiary/aromatic N) is 2. The van der Waals surface area contributed by atoms with E-state index in [9.17, 15) is 38.4 Å². The van der Waals surface area contributed by atoms with Crippen molar-refractivity contribution in [1.82, 2.24) is 52.3 Å². The summed E-state index contributed by atoms with van der Waals surface area (Å²) in [5.41, 5.74) is 3.23. The summed E-state index contributed by atoms with van der Waals surface area (Å²) >= 11 is 0. The van der Waals surface area contributed by atoms with Gasteiger partial charge in [0.25, 0.3) is 0 Å². The number of likely N-dealkylation sites (N-methyl/N-ethyl adjacent to an activating group) is 2. The topological polar surface area (TPSA) is 239 Å². The summed E-state index contributed by atoms with van der Waals surface area (Å²) in [5.74, 6) is -2.23. The highest BCUT2D eigenvalue weighted by atomic mass is 16.2. The van der Waals surface area contributed by atoms with Gasteiger partial charge in [0.2, 0.25) is 47.3 Å². The van der Waals surface area contributed by atoms with Crippen molar-refractivity contribution in [2.75, 3.05) is 27.2 Å². The Morgan fingerprint density at radius 1 is 0.526 bits per heavy atom. The van der Waals surface area contributed by atoms with Crippen LogP contribution in [0.4, 0.5) is 0 Å². The summed E-state index contributed by atoms with van der Waals surface area (Å²) in [4.78, 5) is 114. The maximum atomic E-state index is 14.5. The quantitative estimate of drug-likeness (QED) is 0.0698. The molecule has 0 saturated carbocycles. The Labute approximate surface area is 463 Å². The van der Waals surface area contributed by atoms with Crippen molar-refractivity contribution < 1.29 is 38.4 Å². The molecule has 4 aliphatic rings. The molecule has 0 spiro atoms. The molecule has 1 unspecified atom stereocenters. The molecule has 2 aromatic carbocycles. The number of amides is 8. The van der Waals surface area contributed by atoms with Gasteiger partial charge >= 0.3 is 0 Å². The van der Waals surface area contributed by atoms with Crippen LogP contribution in [0.15, 0.2) is 48.5 Å². The molecule has 2 saturated heterocycles. The number of likely N-dealkylation sites (tertiary alicyclic amines) is 2. The van der Waals surface area contributed by atoms with E-state index in [-0.39, 0.29) is 98.1 Å². The minimum absolute atomic E-state index is 0.137. The lowest BCUT2D eigenvalue weighted by Crippen LogP contribution is -2.59. The molecule has 8 N–H and O–H groups in total. The largest absolute Gasteiger partial charge is 0.351 e. The van der Waals surface area contributed by atoms with Crippen LogP contribution in [-0.2, 0) is 51.2 Å². The Hall–Kier alpha value is -5.88. The van der Waals surface area contributed by atoms with E-state index in [1.54, 1.807) is 37.7 Å². The number of rotatable bonds is 23. The minimum Gasteiger partial charge on any atom is -0.351 e. The lowest BCUT2D eigenvalue weighted by molar-refractivity contribution is -0.144. The van der Waals surface area contributed by atoms with Crippen LogP contribution in [0.2, 0.25) is 0 Å². The predicted molar refractivity (Wildman–Crippen MR) is 301 cm³/mol. The summed E-state index contributed by atoms with van der Waals surface area (Å²) in [5, 5.41) is 24.4. The fraction of sp³-hybridized carbons (Fsp3) is 0.667. The van der Waals surface area contributed by atoms with Crippen molar-refractivity contribution in [2.24, 2.45) is 10.8 Å². The molecule has 430 valence electrons. The van der Waals surface area contributed by atoms with E-state index in [2.05, 4.69) is 54.7 Å². The summed E-state index contributed by atoms with van der Waals surface area (Å²) in [6.07, 6.45) is 11.1. The van der Waals surface area contributed by atoms with Gasteiger partial charge in [-0.25, -0.2) is 0 Å². The molecule has 8 amide bonds. The molecule has 2 aliphatic carbocycles. The standard InChI is InChI=1S/C60H92N10O8/c1-37(61-9)53(73)67-51(59(3,4)5)57(77)69-35-41(33-47(69)55(75)65-45-29-21-25-39-23-17-19-27-43(39)45)63-49(71)31-15-13-11-12-14-16-32-50(72)64-42-34-48(56(76)66-46-30-22-26-40-24-18-20-28-44(40)46)70(36-42)58(78)52(60(6,7)8)68-54(74)38(2)62-10/h17-20,23-24,27-28,37-38,41-42,45-48,51-52,61-62H,11-16,21-22,25-26,29-36H2,1-10H3,(H,63,71)(H,64,72)(H,65,75)(H,66,76)(H,67,73)(H,68,74)/t37-,38-,41-,42?,45+,46+,47-,48-,51+,52+/m0/s1. The highest BCUT2D eigenvalue weighted by Crippen LogP contribution is 2.34. The highest BCUT2D eigenvalue weighted by molar-refractivity contribution is 5.95. The van der Waals surface area contributed by atoms with E-state index in [4.69, 9.17) is 0 Å². The Kier molecular flexibility index (Phi) is 21.9. The second kappa shape index (κ2) is 27.8. The van der Waals surface area contributed by atoms with Gasteiger partial charge in [0.05, 0.1) is 24.2 Å². The average molecular weight is 1080 g/mol. The maximum absolute atomic E-state index is 14.5. The Balaban J connectivity index is 0.978. The van der Waals surface area contributed by atoms with Crippen LogP contribution in [0.25, 0.3) is 0 Å². The van der Waals surface area contributed by atoms with E-state index < -0.39 is 59.2 Å². The molecule has 0 bridgehead atoms. The van der Waals surface area contributed by atoms with Crippen LogP contribution in [0, 0.1) is 10.8 Å². The molecule has 78 heavy (non-hydrogen) atoms. The van der Waals surface area contributed by atoms with Gasteiger partial charge in [0.1, 0.15) is 24.2 Å². The third kappa shape index (κ3) is 16.4. The third-order valence-electron chi connectivity index (χ3n) is 16.4. The van der Waals surface area contributed by atoms with Gasteiger partial charge in [0, 0.05) is 38.0 Å². The predicted octanol–water partition coefficient (Wildman–Crippen LogP) is 4.94. The van der Waals surface area contributed by atoms with E-state index in [0.717, 1.165) is 75.3 Å². The monoisotopic (exact) mass is 1080 g/mol. The number of benzene rings is 2. The summed E-state index contributed by atoms with van der Waals surface area (Å²) < 4.78 is 0. The van der Waals surface area contributed by atoms with Crippen LogP contribution in [0.1, 0.15) is 180 Å². The number of carbonyl (C=O) groups is 8. The number of hydrogen-bond acceptors (Lipinski definition) is 10. The van der Waals surface area contributed by atoms with Gasteiger partial charge in [-0.2, -0.15) is 0 Å². The Morgan fingerprint density at radius 2 is 0.885 bits per heavy atom. The normalized spacial score (nSPS) is 22.6. The summed E-state index contributed by atoms with van der Waals surface area (Å²) in [6.45, 7) is 15.0. The molecule has 2 heterocycles. The van der Waals surface area contributed by atoms with Crippen molar-refractivity contribution in [3.63, 3.8) is 0 Å². The molecule has 2 aliphatic heterocycles. The fourth-order valence-electron chi connectivity index (χ4n) is 11.5. The Bertz CT molecular complexity index is 2270. The second-order valence-electron chi connectivity index (χ2n) is 24.6. The minimum atomic E-state index is -0.911. The number of fused-ring (bicyclic) bond motifs is 2. The van der Waals surface area contributed by atoms with E-state index in [0.29, 0.717) is 12.8 Å². The molecule has 18 nitrogen and oxygen atoms in total. The maximum Gasteiger partial charge on any atom is 0.246 e. The van der Waals surface area contributed by atoms with Crippen molar-refractivity contribution in [3.05, 3.63) is 70.8 Å². The lowest BCUT2D eigenvalue weighted by Gasteiger charge is -2.36. The molecular weight excluding hydrogens is 989 g/mol. The molecule has 2 fully saturated rings. The van der Waals surface area contributed by atoms with Gasteiger partial charge in [-0.15, -0.1) is 0 Å². The molecule has 18 heteroatoms. The van der Waals surface area contributed by atoms with Crippen molar-refractivity contribution >= 4 is 47.3 Å². The van der Waals surface area contributed by atoms with Crippen LogP contribution in [-0.4, -0.2) is 133 Å². The average Bonchev–Trinajstić information content (AvgIpc) is 4.10. The van der Waals surface area contributed by atoms with E-state index >= 15 is 0 Å². The zero-order chi connectivity index (χ0) is 56.9. The van der Waals surface area contributed by atoms with Crippen molar-refractivity contribution in [2.45, 2.75) is 219 Å². The molecule has 2 aromatic rings. The third-order valence-corrected chi connectivity index (χ3v) is 16.4. The molecule has 6 rings (SSSR count). The Morgan fingerprint density at radius 3 is 1.24 bits per heavy atom. The van der Waals surface area contributed by atoms with Crippen molar-refractivity contribution in [1.29, 1.82) is 0 Å². The zero-order valence-corrected chi connectivity index (χ0v) is 48.3. The highest BCUT2D eigenvalue weighted by Gasteiger charge is 2.48. The lowest BCUT2D eigenvalue weighted by atomic mass is 9.85. The molecule has 0 aromatic heterocycles. The second-order valence-corrected chi connectivity index (χ2v) is 24.6. The fourth-order valence-corrected chi connectivity index (χ4v) is 11.5. The number of hydrogen-bond donors (Lipinski definition) is 8. The molecular formula is C60H92N10O8. The van der Waals surface area contributed by atoms with Crippen molar-refractivity contribution in [3.8, 4) is 0 Å². The molecule has 10 atom stereocenters. The van der Waals surface area contributed by atoms with Crippen LogP contribution < -0.4 is 42.5 Å². The first-order valence-electron chi connectivity index (χ1n) is 28.9. The van der Waals surface area contributed by atoms with E-state index in [1.807, 2.05) is 77.9 Å². The smallest absolute Gasteiger partial charge is 0.246 e.